The van der Waals surface area contributed by atoms with E-state index < -0.39 is 6.03 Å². The molecule has 0 aromatic heterocycles. The van der Waals surface area contributed by atoms with Gasteiger partial charge >= 0.3 is 11.7 Å². The van der Waals surface area contributed by atoms with E-state index in [4.69, 9.17) is 11.6 Å². The topological polar surface area (TPSA) is 96.7 Å². The van der Waals surface area contributed by atoms with Crippen molar-refractivity contribution in [3.05, 3.63) is 45.7 Å². The summed E-state index contributed by atoms with van der Waals surface area (Å²) in [5.41, 5.74) is 0.872. The lowest BCUT2D eigenvalue weighted by molar-refractivity contribution is 0.202. The molecular formula is C13H14ClN5O3. The fourth-order valence-corrected chi connectivity index (χ4v) is 2.12. The highest BCUT2D eigenvalue weighted by Crippen LogP contribution is 2.15. The first-order valence-corrected chi connectivity index (χ1v) is 7.11. The second kappa shape index (κ2) is 7.51. The molecule has 1 heterocycles. The third kappa shape index (κ3) is 3.59. The maximum Gasteiger partial charge on any atom is 0.348 e. The van der Waals surface area contributed by atoms with Gasteiger partial charge in [0, 0.05) is 19.0 Å². The molecule has 0 spiro atoms. The fraction of sp³-hybridized carbons (Fsp3) is 0.308. The number of imidazole rings is 1. The molecular weight excluding hydrogens is 310 g/mol. The molecule has 8 nitrogen and oxygen atoms in total. The van der Waals surface area contributed by atoms with Crippen LogP contribution in [0.15, 0.2) is 40.4 Å². The predicted molar refractivity (Wildman–Crippen MR) is 81.7 cm³/mol. The van der Waals surface area contributed by atoms with Crippen LogP contribution in [-0.2, 0) is 6.54 Å². The Bertz CT molecular complexity index is 690. The summed E-state index contributed by atoms with van der Waals surface area (Å²) in [6.07, 6.45) is 0. The van der Waals surface area contributed by atoms with Crippen LogP contribution in [0.25, 0.3) is 11.4 Å². The van der Waals surface area contributed by atoms with Crippen LogP contribution in [0.2, 0.25) is 0 Å². The molecule has 1 aliphatic heterocycles. The van der Waals surface area contributed by atoms with Crippen LogP contribution in [0.3, 0.4) is 0 Å². The number of hydrogen-bond acceptors (Lipinski definition) is 5. The van der Waals surface area contributed by atoms with Crippen LogP contribution in [0.1, 0.15) is 0 Å². The van der Waals surface area contributed by atoms with Gasteiger partial charge in [0.15, 0.2) is 0 Å². The highest BCUT2D eigenvalue weighted by atomic mass is 35.5. The Kier molecular flexibility index (Phi) is 5.42. The number of fused-ring (bicyclic) bond motifs is 1. The van der Waals surface area contributed by atoms with Gasteiger partial charge in [-0.05, 0) is 12.1 Å². The number of alkyl halides is 1. The van der Waals surface area contributed by atoms with Crippen LogP contribution in [0.4, 0.5) is 4.79 Å². The molecule has 1 N–H and O–H groups in total. The van der Waals surface area contributed by atoms with Crippen molar-refractivity contribution in [2.45, 2.75) is 6.54 Å². The van der Waals surface area contributed by atoms with Crippen LogP contribution < -0.4 is 11.0 Å². The summed E-state index contributed by atoms with van der Waals surface area (Å²) in [4.78, 5) is 37.9. The maximum absolute atomic E-state index is 11.9. The van der Waals surface area contributed by atoms with Crippen LogP contribution in [0, 0.1) is 4.91 Å². The van der Waals surface area contributed by atoms with E-state index in [-0.39, 0.29) is 31.2 Å². The first-order valence-electron chi connectivity index (χ1n) is 6.57. The molecule has 0 fully saturated rings. The van der Waals surface area contributed by atoms with E-state index in [0.29, 0.717) is 16.4 Å². The standard InChI is InChI=1S/C13H14ClN5O3/c14-6-8-19(17-22)12(20)15-7-9-18-11-5-3-1-2-4-10(11)16-13(18)21/h1-5H,6-9H2,(H,15,20). The Balaban J connectivity index is 2.02. The summed E-state index contributed by atoms with van der Waals surface area (Å²) in [7, 11) is 0. The van der Waals surface area contributed by atoms with Crippen molar-refractivity contribution >= 4 is 17.6 Å². The minimum atomic E-state index is -0.655. The molecule has 116 valence electrons. The summed E-state index contributed by atoms with van der Waals surface area (Å²) in [6.45, 7) is 0.415. The molecule has 9 heteroatoms. The van der Waals surface area contributed by atoms with Crippen molar-refractivity contribution in [2.24, 2.45) is 5.29 Å². The van der Waals surface area contributed by atoms with E-state index in [1.807, 2.05) is 6.07 Å². The molecule has 0 saturated heterocycles. The summed E-state index contributed by atoms with van der Waals surface area (Å²) in [5.74, 6) is 0.104. The summed E-state index contributed by atoms with van der Waals surface area (Å²) < 4.78 is 1.45. The molecule has 2 rings (SSSR count). The van der Waals surface area contributed by atoms with Crippen LogP contribution in [0.5, 0.6) is 0 Å². The van der Waals surface area contributed by atoms with Gasteiger partial charge in [0.05, 0.1) is 23.2 Å². The number of aromatic nitrogens is 2. The Morgan fingerprint density at radius 3 is 2.86 bits per heavy atom. The highest BCUT2D eigenvalue weighted by Gasteiger charge is 2.15. The molecule has 0 aromatic carbocycles. The monoisotopic (exact) mass is 323 g/mol. The zero-order valence-corrected chi connectivity index (χ0v) is 12.4. The summed E-state index contributed by atoms with van der Waals surface area (Å²) >= 11 is 5.46. The summed E-state index contributed by atoms with van der Waals surface area (Å²) in [5, 5.41) is 5.77. The van der Waals surface area contributed by atoms with E-state index in [1.165, 1.54) is 4.57 Å². The zero-order chi connectivity index (χ0) is 15.9. The average molecular weight is 324 g/mol. The Morgan fingerprint density at radius 1 is 1.36 bits per heavy atom. The van der Waals surface area contributed by atoms with Gasteiger partial charge in [0.2, 0.25) is 0 Å². The minimum Gasteiger partial charge on any atom is -0.335 e. The number of nitrogens with zero attached hydrogens (tertiary/aromatic N) is 4. The number of nitrogens with one attached hydrogen (secondary N) is 1. The van der Waals surface area contributed by atoms with Crippen molar-refractivity contribution < 1.29 is 4.79 Å². The number of amides is 2. The maximum atomic E-state index is 11.9. The molecule has 0 bridgehead atoms. The van der Waals surface area contributed by atoms with Gasteiger partial charge in [-0.2, -0.15) is 9.99 Å². The fourth-order valence-electron chi connectivity index (χ4n) is 1.96. The van der Waals surface area contributed by atoms with Gasteiger partial charge in [-0.3, -0.25) is 4.57 Å². The SMILES string of the molecule is O=NN(CCCl)C(=O)NCCn1c2cccccc-2nc1=O. The van der Waals surface area contributed by atoms with Crippen LogP contribution >= 0.6 is 11.6 Å². The molecule has 0 radical (unpaired) electrons. The Labute approximate surface area is 131 Å². The highest BCUT2D eigenvalue weighted by molar-refractivity contribution is 6.18. The van der Waals surface area contributed by atoms with E-state index in [0.717, 1.165) is 0 Å². The number of carbonyl (C=O) groups excluding carboxylic acids is 1. The van der Waals surface area contributed by atoms with E-state index in [2.05, 4.69) is 15.6 Å². The zero-order valence-electron chi connectivity index (χ0n) is 11.6. The Hall–Kier alpha value is -2.48. The third-order valence-corrected chi connectivity index (χ3v) is 3.14. The molecule has 2 aliphatic rings. The average Bonchev–Trinajstić information content (AvgIpc) is 2.67. The lowest BCUT2D eigenvalue weighted by Gasteiger charge is -2.13. The first-order chi connectivity index (χ1) is 10.7. The summed E-state index contributed by atoms with van der Waals surface area (Å²) in [6, 6.07) is 8.29. The quantitative estimate of drug-likeness (QED) is 0.492. The predicted octanol–water partition coefficient (Wildman–Crippen LogP) is 1.28. The van der Waals surface area contributed by atoms with Gasteiger partial charge < -0.3 is 5.32 Å². The lowest BCUT2D eigenvalue weighted by Crippen LogP contribution is -2.39. The van der Waals surface area contributed by atoms with Gasteiger partial charge in [0.1, 0.15) is 0 Å². The minimum absolute atomic E-state index is 0.0214. The number of rotatable bonds is 6. The van der Waals surface area contributed by atoms with Crippen molar-refractivity contribution in [3.63, 3.8) is 0 Å². The second-order valence-electron chi connectivity index (χ2n) is 4.35. The molecule has 0 atom stereocenters. The van der Waals surface area contributed by atoms with Crippen molar-refractivity contribution in [3.8, 4) is 11.4 Å². The number of carbonyl (C=O) groups is 1. The molecule has 2 amide bonds. The molecule has 0 unspecified atom stereocenters. The smallest absolute Gasteiger partial charge is 0.335 e. The van der Waals surface area contributed by atoms with Gasteiger partial charge in [-0.15, -0.1) is 16.5 Å². The third-order valence-electron chi connectivity index (χ3n) is 2.97. The molecule has 22 heavy (non-hydrogen) atoms. The molecule has 0 aromatic rings. The molecule has 1 aliphatic carbocycles. The van der Waals surface area contributed by atoms with Crippen LogP contribution in [-0.4, -0.2) is 39.6 Å². The van der Waals surface area contributed by atoms with E-state index in [9.17, 15) is 14.5 Å². The van der Waals surface area contributed by atoms with Crippen molar-refractivity contribution in [1.29, 1.82) is 0 Å². The number of urea groups is 1. The van der Waals surface area contributed by atoms with Gasteiger partial charge in [-0.25, -0.2) is 9.59 Å². The molecule has 0 saturated carbocycles. The van der Waals surface area contributed by atoms with E-state index in [1.54, 1.807) is 24.3 Å². The second-order valence-corrected chi connectivity index (χ2v) is 4.73. The Morgan fingerprint density at radius 2 is 2.14 bits per heavy atom. The van der Waals surface area contributed by atoms with E-state index >= 15 is 0 Å². The number of nitroso groups, excluding NO2 is 1. The number of halogens is 1. The number of hydrogen-bond donors (Lipinski definition) is 1. The van der Waals surface area contributed by atoms with Gasteiger partial charge in [-0.1, -0.05) is 18.2 Å². The largest absolute Gasteiger partial charge is 0.348 e. The van der Waals surface area contributed by atoms with Crippen molar-refractivity contribution in [1.82, 2.24) is 19.9 Å². The van der Waals surface area contributed by atoms with Gasteiger partial charge in [0.25, 0.3) is 0 Å². The normalized spacial score (nSPS) is 10.4. The van der Waals surface area contributed by atoms with Crippen molar-refractivity contribution in [2.75, 3.05) is 19.0 Å². The lowest BCUT2D eigenvalue weighted by atomic mass is 10.3. The first kappa shape index (κ1) is 15.9.